The van der Waals surface area contributed by atoms with E-state index in [9.17, 15) is 9.90 Å². The SMILES string of the molecule is CN1CC(C(=O)O)C(O)CC1CCN1CCOCC1. The lowest BCUT2D eigenvalue weighted by Gasteiger charge is -2.39. The van der Waals surface area contributed by atoms with Gasteiger partial charge in [-0.2, -0.15) is 0 Å². The number of aliphatic hydroxyl groups is 1. The molecule has 2 fully saturated rings. The number of morpholine rings is 1. The third-order valence-corrected chi connectivity index (χ3v) is 4.29. The number of ether oxygens (including phenoxy) is 1. The summed E-state index contributed by atoms with van der Waals surface area (Å²) in [6.07, 6.45) is 0.806. The van der Waals surface area contributed by atoms with Crippen molar-refractivity contribution >= 4 is 5.97 Å². The fraction of sp³-hybridized carbons (Fsp3) is 0.923. The highest BCUT2D eigenvalue weighted by Gasteiger charge is 2.36. The first-order chi connectivity index (χ1) is 9.08. The maximum absolute atomic E-state index is 11.0. The van der Waals surface area contributed by atoms with Crippen LogP contribution in [-0.2, 0) is 9.53 Å². The van der Waals surface area contributed by atoms with Crippen LogP contribution in [0.25, 0.3) is 0 Å². The van der Waals surface area contributed by atoms with Crippen molar-refractivity contribution in [2.24, 2.45) is 5.92 Å². The van der Waals surface area contributed by atoms with Gasteiger partial charge in [0.2, 0.25) is 0 Å². The zero-order valence-electron chi connectivity index (χ0n) is 11.5. The Labute approximate surface area is 113 Å². The van der Waals surface area contributed by atoms with Gasteiger partial charge in [-0.1, -0.05) is 0 Å². The number of likely N-dealkylation sites (tertiary alicyclic amines) is 1. The van der Waals surface area contributed by atoms with E-state index in [1.165, 1.54) is 0 Å². The van der Waals surface area contributed by atoms with Crippen molar-refractivity contribution in [1.82, 2.24) is 9.80 Å². The Bertz CT molecular complexity index is 307. The van der Waals surface area contributed by atoms with Crippen molar-refractivity contribution < 1.29 is 19.7 Å². The molecule has 0 spiro atoms. The lowest BCUT2D eigenvalue weighted by molar-refractivity contribution is -0.150. The standard InChI is InChI=1S/C13H24N2O4/c1-14-9-11(13(17)18)12(16)8-10(14)2-3-15-4-6-19-7-5-15/h10-12,16H,2-9H2,1H3,(H,17,18). The largest absolute Gasteiger partial charge is 0.481 e. The average molecular weight is 272 g/mol. The Kier molecular flexibility index (Phi) is 5.15. The second-order valence-corrected chi connectivity index (χ2v) is 5.58. The first-order valence-corrected chi connectivity index (χ1v) is 6.99. The molecule has 6 nitrogen and oxygen atoms in total. The normalized spacial score (nSPS) is 34.3. The highest BCUT2D eigenvalue weighted by atomic mass is 16.5. The van der Waals surface area contributed by atoms with Gasteiger partial charge in [-0.3, -0.25) is 9.69 Å². The lowest BCUT2D eigenvalue weighted by atomic mass is 9.89. The van der Waals surface area contributed by atoms with Crippen LogP contribution in [0.5, 0.6) is 0 Å². The summed E-state index contributed by atoms with van der Waals surface area (Å²) in [4.78, 5) is 15.5. The molecule has 3 unspecified atom stereocenters. The van der Waals surface area contributed by atoms with Crippen molar-refractivity contribution in [2.75, 3.05) is 46.4 Å². The predicted octanol–water partition coefficient (Wildman–Crippen LogP) is -0.525. The van der Waals surface area contributed by atoms with Gasteiger partial charge in [0.1, 0.15) is 0 Å². The van der Waals surface area contributed by atoms with Crippen molar-refractivity contribution in [1.29, 1.82) is 0 Å². The van der Waals surface area contributed by atoms with Crippen LogP contribution in [0.2, 0.25) is 0 Å². The highest BCUT2D eigenvalue weighted by Crippen LogP contribution is 2.23. The summed E-state index contributed by atoms with van der Waals surface area (Å²) in [5.74, 6) is -1.55. The van der Waals surface area contributed by atoms with Gasteiger partial charge < -0.3 is 19.8 Å². The van der Waals surface area contributed by atoms with Gasteiger partial charge in [0, 0.05) is 25.7 Å². The summed E-state index contributed by atoms with van der Waals surface area (Å²) in [5.41, 5.74) is 0. The number of hydrogen-bond acceptors (Lipinski definition) is 5. The van der Waals surface area contributed by atoms with Crippen LogP contribution >= 0.6 is 0 Å². The summed E-state index contributed by atoms with van der Waals surface area (Å²) in [6.45, 7) is 4.95. The molecule has 0 aliphatic carbocycles. The third kappa shape index (κ3) is 3.89. The van der Waals surface area contributed by atoms with Crippen LogP contribution in [0, 0.1) is 5.92 Å². The maximum Gasteiger partial charge on any atom is 0.310 e. The van der Waals surface area contributed by atoms with Crippen molar-refractivity contribution in [3.8, 4) is 0 Å². The molecule has 2 rings (SSSR count). The molecule has 0 saturated carbocycles. The summed E-state index contributed by atoms with van der Waals surface area (Å²) < 4.78 is 5.31. The third-order valence-electron chi connectivity index (χ3n) is 4.29. The Morgan fingerprint density at radius 3 is 2.68 bits per heavy atom. The van der Waals surface area contributed by atoms with Crippen LogP contribution in [-0.4, -0.2) is 84.6 Å². The number of aliphatic hydroxyl groups excluding tert-OH is 1. The van der Waals surface area contributed by atoms with Crippen molar-refractivity contribution in [2.45, 2.75) is 25.0 Å². The molecule has 2 saturated heterocycles. The van der Waals surface area contributed by atoms with Gasteiger partial charge in [0.25, 0.3) is 0 Å². The van der Waals surface area contributed by atoms with E-state index in [0.717, 1.165) is 39.3 Å². The van der Waals surface area contributed by atoms with Gasteiger partial charge >= 0.3 is 5.97 Å². The zero-order valence-corrected chi connectivity index (χ0v) is 11.5. The number of nitrogens with zero attached hydrogens (tertiary/aromatic N) is 2. The predicted molar refractivity (Wildman–Crippen MR) is 70.0 cm³/mol. The van der Waals surface area contributed by atoms with Gasteiger partial charge in [0.15, 0.2) is 0 Å². The lowest BCUT2D eigenvalue weighted by Crippen LogP contribution is -2.51. The number of piperidine rings is 1. The topological polar surface area (TPSA) is 73.2 Å². The molecule has 2 heterocycles. The molecule has 19 heavy (non-hydrogen) atoms. The smallest absolute Gasteiger partial charge is 0.310 e. The summed E-state index contributed by atoms with van der Waals surface area (Å²) in [7, 11) is 1.95. The molecule has 2 aliphatic rings. The average Bonchev–Trinajstić information content (AvgIpc) is 2.40. The first-order valence-electron chi connectivity index (χ1n) is 6.99. The van der Waals surface area contributed by atoms with E-state index in [1.807, 2.05) is 7.05 Å². The monoisotopic (exact) mass is 272 g/mol. The van der Waals surface area contributed by atoms with E-state index in [2.05, 4.69) is 9.80 Å². The van der Waals surface area contributed by atoms with Crippen LogP contribution in [0.15, 0.2) is 0 Å². The van der Waals surface area contributed by atoms with Crippen molar-refractivity contribution in [3.63, 3.8) is 0 Å². The molecular formula is C13H24N2O4. The first kappa shape index (κ1) is 14.7. The molecule has 0 aromatic carbocycles. The number of carboxylic acids is 1. The van der Waals surface area contributed by atoms with Crippen LogP contribution in [0.1, 0.15) is 12.8 Å². The minimum absolute atomic E-state index is 0.272. The van der Waals surface area contributed by atoms with Crippen LogP contribution in [0.4, 0.5) is 0 Å². The number of carbonyl (C=O) groups is 1. The maximum atomic E-state index is 11.0. The minimum Gasteiger partial charge on any atom is -0.481 e. The van der Waals surface area contributed by atoms with Gasteiger partial charge in [-0.05, 0) is 26.4 Å². The molecule has 0 amide bonds. The van der Waals surface area contributed by atoms with Crippen LogP contribution < -0.4 is 0 Å². The molecule has 6 heteroatoms. The Morgan fingerprint density at radius 2 is 2.05 bits per heavy atom. The Balaban J connectivity index is 1.79. The number of hydrogen-bond donors (Lipinski definition) is 2. The fourth-order valence-corrected chi connectivity index (χ4v) is 2.94. The van der Waals surface area contributed by atoms with Gasteiger partial charge in [0.05, 0.1) is 25.2 Å². The number of rotatable bonds is 4. The molecule has 3 atom stereocenters. The van der Waals surface area contributed by atoms with E-state index in [1.54, 1.807) is 0 Å². The molecule has 2 aliphatic heterocycles. The molecular weight excluding hydrogens is 248 g/mol. The summed E-state index contributed by atoms with van der Waals surface area (Å²) in [6, 6.07) is 0.272. The number of aliphatic carboxylic acids is 1. The quantitative estimate of drug-likeness (QED) is 0.717. The van der Waals surface area contributed by atoms with Crippen LogP contribution in [0.3, 0.4) is 0 Å². The molecule has 110 valence electrons. The molecule has 0 aromatic rings. The number of carboxylic acid groups (broad SMARTS) is 1. The molecule has 2 N–H and O–H groups in total. The van der Waals surface area contributed by atoms with E-state index < -0.39 is 18.0 Å². The minimum atomic E-state index is -0.897. The van der Waals surface area contributed by atoms with E-state index >= 15 is 0 Å². The Morgan fingerprint density at radius 1 is 1.37 bits per heavy atom. The second-order valence-electron chi connectivity index (χ2n) is 5.58. The summed E-state index contributed by atoms with van der Waals surface area (Å²) >= 11 is 0. The molecule has 0 bridgehead atoms. The summed E-state index contributed by atoms with van der Waals surface area (Å²) in [5, 5.41) is 19.0. The van der Waals surface area contributed by atoms with Gasteiger partial charge in [-0.25, -0.2) is 0 Å². The van der Waals surface area contributed by atoms with E-state index in [4.69, 9.17) is 9.84 Å². The van der Waals surface area contributed by atoms with E-state index in [0.29, 0.717) is 13.0 Å². The highest BCUT2D eigenvalue weighted by molar-refractivity contribution is 5.71. The zero-order chi connectivity index (χ0) is 13.8. The molecule has 0 aromatic heterocycles. The van der Waals surface area contributed by atoms with E-state index in [-0.39, 0.29) is 6.04 Å². The fourth-order valence-electron chi connectivity index (χ4n) is 2.94. The molecule has 0 radical (unpaired) electrons. The second kappa shape index (κ2) is 6.65. The van der Waals surface area contributed by atoms with Crippen molar-refractivity contribution in [3.05, 3.63) is 0 Å². The Hall–Kier alpha value is -0.690. The van der Waals surface area contributed by atoms with Gasteiger partial charge in [-0.15, -0.1) is 0 Å².